The van der Waals surface area contributed by atoms with Gasteiger partial charge in [-0.1, -0.05) is 12.1 Å². The van der Waals surface area contributed by atoms with Crippen LogP contribution in [0.2, 0.25) is 0 Å². The van der Waals surface area contributed by atoms with Gasteiger partial charge in [-0.2, -0.15) is 18.3 Å². The Morgan fingerprint density at radius 3 is 2.52 bits per heavy atom. The molecule has 0 unspecified atom stereocenters. The molecular formula is C20H17F3N4O2S2. The van der Waals surface area contributed by atoms with Gasteiger partial charge in [0.1, 0.15) is 0 Å². The van der Waals surface area contributed by atoms with Crippen LogP contribution in [0.25, 0.3) is 21.0 Å². The maximum Gasteiger partial charge on any atom is 0.435 e. The molecule has 0 saturated heterocycles. The summed E-state index contributed by atoms with van der Waals surface area (Å²) in [6.07, 6.45) is 1.49. The zero-order valence-corrected chi connectivity index (χ0v) is 17.9. The van der Waals surface area contributed by atoms with Crippen molar-refractivity contribution < 1.29 is 21.6 Å². The Hall–Kier alpha value is -2.92. The van der Waals surface area contributed by atoms with E-state index >= 15 is 0 Å². The highest BCUT2D eigenvalue weighted by Crippen LogP contribution is 2.38. The number of nitrogens with zero attached hydrogens (tertiary/aromatic N) is 4. The maximum absolute atomic E-state index is 13.3. The number of alkyl halides is 3. The molecule has 31 heavy (non-hydrogen) atoms. The third-order valence-corrected chi connectivity index (χ3v) is 6.87. The third kappa shape index (κ3) is 4.72. The van der Waals surface area contributed by atoms with Crippen molar-refractivity contribution in [1.82, 2.24) is 19.3 Å². The Balaban J connectivity index is 1.69. The first-order valence-corrected chi connectivity index (χ1v) is 11.8. The number of rotatable bonds is 6. The Kier molecular flexibility index (Phi) is 5.48. The largest absolute Gasteiger partial charge is 0.435 e. The lowest BCUT2D eigenvalue weighted by Gasteiger charge is -2.07. The first kappa shape index (κ1) is 21.3. The van der Waals surface area contributed by atoms with Gasteiger partial charge in [-0.15, -0.1) is 11.3 Å². The van der Waals surface area contributed by atoms with E-state index in [1.54, 1.807) is 53.6 Å². The van der Waals surface area contributed by atoms with Crippen molar-refractivity contribution >= 4 is 21.2 Å². The van der Waals surface area contributed by atoms with Crippen molar-refractivity contribution in [1.29, 1.82) is 0 Å². The molecule has 0 atom stereocenters. The molecule has 0 N–H and O–H groups in total. The lowest BCUT2D eigenvalue weighted by molar-refractivity contribution is -0.141. The Bertz CT molecular complexity index is 1310. The van der Waals surface area contributed by atoms with Crippen molar-refractivity contribution in [2.45, 2.75) is 24.2 Å². The molecule has 0 aliphatic carbocycles. The minimum absolute atomic E-state index is 0.185. The van der Waals surface area contributed by atoms with Crippen molar-refractivity contribution in [2.24, 2.45) is 0 Å². The Morgan fingerprint density at radius 1 is 1.06 bits per heavy atom. The number of aromatic nitrogens is 4. The molecule has 1 aromatic carbocycles. The van der Waals surface area contributed by atoms with E-state index in [-0.39, 0.29) is 11.4 Å². The van der Waals surface area contributed by atoms with Crippen molar-refractivity contribution in [2.75, 3.05) is 6.26 Å². The van der Waals surface area contributed by atoms with Crippen LogP contribution in [0.1, 0.15) is 5.69 Å². The molecule has 0 radical (unpaired) electrons. The second-order valence-corrected chi connectivity index (χ2v) is 10.00. The first-order valence-electron chi connectivity index (χ1n) is 9.13. The van der Waals surface area contributed by atoms with Gasteiger partial charge in [-0.25, -0.2) is 13.4 Å². The molecule has 0 spiro atoms. The van der Waals surface area contributed by atoms with Gasteiger partial charge in [0.2, 0.25) is 0 Å². The summed E-state index contributed by atoms with van der Waals surface area (Å²) in [7, 11) is -3.37. The van der Waals surface area contributed by atoms with Gasteiger partial charge in [0.15, 0.2) is 15.5 Å². The van der Waals surface area contributed by atoms with Gasteiger partial charge in [-0.05, 0) is 35.9 Å². The lowest BCUT2D eigenvalue weighted by Crippen LogP contribution is -2.11. The SMILES string of the molecule is CS(=O)(=O)c1cccc(-c2ccc(-c3cc(C(F)(F)F)nn3CCn3ccnc3)s2)c1. The van der Waals surface area contributed by atoms with Crippen LogP contribution in [-0.2, 0) is 29.1 Å². The quantitative estimate of drug-likeness (QED) is 0.417. The van der Waals surface area contributed by atoms with Crippen LogP contribution < -0.4 is 0 Å². The van der Waals surface area contributed by atoms with E-state index < -0.39 is 21.7 Å². The summed E-state index contributed by atoms with van der Waals surface area (Å²) < 4.78 is 66.6. The molecule has 4 rings (SSSR count). The minimum Gasteiger partial charge on any atom is -0.336 e. The van der Waals surface area contributed by atoms with Crippen LogP contribution in [0, 0.1) is 0 Å². The van der Waals surface area contributed by atoms with Crippen LogP contribution in [-0.4, -0.2) is 34.0 Å². The number of sulfone groups is 1. The predicted octanol–water partition coefficient (Wildman–Crippen LogP) is 4.60. The zero-order valence-electron chi connectivity index (χ0n) is 16.2. The summed E-state index contributed by atoms with van der Waals surface area (Å²) in [5.41, 5.74) is 0.0739. The number of imidazole rings is 1. The van der Waals surface area contributed by atoms with Crippen molar-refractivity contribution in [3.63, 3.8) is 0 Å². The van der Waals surface area contributed by atoms with Crippen LogP contribution in [0.4, 0.5) is 13.2 Å². The van der Waals surface area contributed by atoms with E-state index in [0.29, 0.717) is 22.7 Å². The van der Waals surface area contributed by atoms with E-state index in [2.05, 4.69) is 10.1 Å². The fraction of sp³-hybridized carbons (Fsp3) is 0.200. The van der Waals surface area contributed by atoms with E-state index in [9.17, 15) is 21.6 Å². The summed E-state index contributed by atoms with van der Waals surface area (Å²) in [4.78, 5) is 5.47. The summed E-state index contributed by atoms with van der Waals surface area (Å²) in [5, 5.41) is 3.77. The fourth-order valence-corrected chi connectivity index (χ4v) is 4.75. The predicted molar refractivity (Wildman–Crippen MR) is 111 cm³/mol. The normalized spacial score (nSPS) is 12.4. The first-order chi connectivity index (χ1) is 14.6. The highest BCUT2D eigenvalue weighted by Gasteiger charge is 2.35. The van der Waals surface area contributed by atoms with Gasteiger partial charge in [-0.3, -0.25) is 4.68 Å². The number of halogens is 3. The molecule has 3 aromatic heterocycles. The summed E-state index contributed by atoms with van der Waals surface area (Å²) in [6, 6.07) is 11.0. The molecular weight excluding hydrogens is 449 g/mol. The second-order valence-electron chi connectivity index (χ2n) is 6.90. The van der Waals surface area contributed by atoms with Crippen LogP contribution in [0.3, 0.4) is 0 Å². The molecule has 3 heterocycles. The van der Waals surface area contributed by atoms with Gasteiger partial charge in [0.05, 0.1) is 28.3 Å². The maximum atomic E-state index is 13.3. The Morgan fingerprint density at radius 2 is 1.84 bits per heavy atom. The van der Waals surface area contributed by atoms with Crippen LogP contribution >= 0.6 is 11.3 Å². The summed E-state index contributed by atoms with van der Waals surface area (Å²) in [5.74, 6) is 0. The summed E-state index contributed by atoms with van der Waals surface area (Å²) in [6.45, 7) is 0.652. The standard InChI is InChI=1S/C20H17F3N4O2S2/c1-31(28,29)15-4-2-3-14(11-15)17-5-6-18(30-17)16-12-19(20(21,22)23)25-27(16)10-9-26-8-7-24-13-26/h2-8,11-13H,9-10H2,1H3. The van der Waals surface area contributed by atoms with Gasteiger partial charge in [0.25, 0.3) is 0 Å². The smallest absolute Gasteiger partial charge is 0.336 e. The van der Waals surface area contributed by atoms with Gasteiger partial charge < -0.3 is 4.57 Å². The lowest BCUT2D eigenvalue weighted by atomic mass is 10.2. The molecule has 0 aliphatic rings. The molecule has 0 aliphatic heterocycles. The zero-order chi connectivity index (χ0) is 22.2. The molecule has 11 heteroatoms. The van der Waals surface area contributed by atoms with Crippen molar-refractivity contribution in [3.8, 4) is 21.0 Å². The minimum atomic E-state index is -4.56. The monoisotopic (exact) mass is 466 g/mol. The molecule has 162 valence electrons. The second kappa shape index (κ2) is 7.97. The number of hydrogen-bond donors (Lipinski definition) is 0. The molecule has 0 bridgehead atoms. The molecule has 0 amide bonds. The van der Waals surface area contributed by atoms with Crippen LogP contribution in [0.5, 0.6) is 0 Å². The van der Waals surface area contributed by atoms with Gasteiger partial charge >= 0.3 is 6.18 Å². The van der Waals surface area contributed by atoms with E-state index in [1.807, 2.05) is 0 Å². The molecule has 4 aromatic rings. The topological polar surface area (TPSA) is 69.8 Å². The third-order valence-electron chi connectivity index (χ3n) is 4.60. The number of aryl methyl sites for hydroxylation is 2. The van der Waals surface area contributed by atoms with E-state index in [4.69, 9.17) is 0 Å². The highest BCUT2D eigenvalue weighted by atomic mass is 32.2. The molecule has 0 fully saturated rings. The average molecular weight is 467 g/mol. The van der Waals surface area contributed by atoms with Crippen molar-refractivity contribution in [3.05, 3.63) is 66.9 Å². The van der Waals surface area contributed by atoms with E-state index in [0.717, 1.165) is 17.2 Å². The van der Waals surface area contributed by atoms with Crippen LogP contribution in [0.15, 0.2) is 66.1 Å². The van der Waals surface area contributed by atoms with Gasteiger partial charge in [0, 0.05) is 30.1 Å². The number of hydrogen-bond acceptors (Lipinski definition) is 5. The number of thiophene rings is 1. The fourth-order valence-electron chi connectivity index (χ4n) is 3.06. The average Bonchev–Trinajstić information content (AvgIpc) is 3.44. The molecule has 6 nitrogen and oxygen atoms in total. The summed E-state index contributed by atoms with van der Waals surface area (Å²) >= 11 is 1.28. The number of benzene rings is 1. The van der Waals surface area contributed by atoms with E-state index in [1.165, 1.54) is 22.1 Å². The molecule has 0 saturated carbocycles. The Labute approximate surface area is 180 Å². The highest BCUT2D eigenvalue weighted by molar-refractivity contribution is 7.90.